The molecular weight excluding hydrogens is 166 g/mol. The van der Waals surface area contributed by atoms with Crippen LogP contribution in [0, 0.1) is 0 Å². The highest BCUT2D eigenvalue weighted by Crippen LogP contribution is 2.10. The molecule has 0 fully saturated rings. The van der Waals surface area contributed by atoms with E-state index in [0.717, 1.165) is 25.7 Å². The van der Waals surface area contributed by atoms with Crippen LogP contribution in [0.1, 0.15) is 50.9 Å². The number of hydrogen-bond acceptors (Lipinski definition) is 4. The molecule has 0 aromatic carbocycles. The van der Waals surface area contributed by atoms with Gasteiger partial charge >= 0.3 is 0 Å². The number of aryl methyl sites for hydroxylation is 1. The third-order valence-electron chi connectivity index (χ3n) is 2.00. The van der Waals surface area contributed by atoms with Crippen molar-refractivity contribution < 1.29 is 4.52 Å². The van der Waals surface area contributed by atoms with Gasteiger partial charge in [0.1, 0.15) is 0 Å². The largest absolute Gasteiger partial charge is 0.339 e. The van der Waals surface area contributed by atoms with Gasteiger partial charge in [0.25, 0.3) is 0 Å². The van der Waals surface area contributed by atoms with Crippen LogP contribution in [0.15, 0.2) is 4.52 Å². The first-order valence-corrected chi connectivity index (χ1v) is 4.86. The molecule has 0 aliphatic rings. The Labute approximate surface area is 78.5 Å². The Morgan fingerprint density at radius 2 is 2.23 bits per heavy atom. The van der Waals surface area contributed by atoms with E-state index in [1.165, 1.54) is 0 Å². The van der Waals surface area contributed by atoms with Crippen molar-refractivity contribution in [2.45, 2.75) is 45.6 Å². The molecule has 0 saturated heterocycles. The Hall–Kier alpha value is -0.900. The smallest absolute Gasteiger partial charge is 0.226 e. The maximum absolute atomic E-state index is 5.75. The molecular formula is C9H17N3O. The molecule has 0 amide bonds. The van der Waals surface area contributed by atoms with Crippen molar-refractivity contribution in [3.8, 4) is 0 Å². The summed E-state index contributed by atoms with van der Waals surface area (Å²) < 4.78 is 5.05. The molecule has 1 aromatic heterocycles. The van der Waals surface area contributed by atoms with E-state index in [1.807, 2.05) is 6.92 Å². The molecule has 0 radical (unpaired) electrons. The molecule has 1 aromatic rings. The summed E-state index contributed by atoms with van der Waals surface area (Å²) in [6, 6.07) is -0.0841. The van der Waals surface area contributed by atoms with Crippen LogP contribution in [0.25, 0.3) is 0 Å². The van der Waals surface area contributed by atoms with Crippen LogP contribution in [0.3, 0.4) is 0 Å². The van der Waals surface area contributed by atoms with Gasteiger partial charge in [-0.25, -0.2) is 0 Å². The van der Waals surface area contributed by atoms with Crippen LogP contribution in [-0.4, -0.2) is 10.1 Å². The molecule has 1 rings (SSSR count). The van der Waals surface area contributed by atoms with Crippen molar-refractivity contribution in [3.05, 3.63) is 11.7 Å². The van der Waals surface area contributed by atoms with Gasteiger partial charge in [0.15, 0.2) is 5.82 Å². The van der Waals surface area contributed by atoms with Crippen LogP contribution >= 0.6 is 0 Å². The highest BCUT2D eigenvalue weighted by molar-refractivity contribution is 4.92. The van der Waals surface area contributed by atoms with Gasteiger partial charge in [-0.15, -0.1) is 0 Å². The fourth-order valence-electron chi connectivity index (χ4n) is 1.03. The van der Waals surface area contributed by atoms with E-state index in [0.29, 0.717) is 11.7 Å². The van der Waals surface area contributed by atoms with Crippen LogP contribution in [0.2, 0.25) is 0 Å². The lowest BCUT2D eigenvalue weighted by Crippen LogP contribution is -2.10. The fraction of sp³-hybridized carbons (Fsp3) is 0.778. The van der Waals surface area contributed by atoms with E-state index >= 15 is 0 Å². The van der Waals surface area contributed by atoms with Crippen molar-refractivity contribution in [1.82, 2.24) is 10.1 Å². The van der Waals surface area contributed by atoms with E-state index in [1.54, 1.807) is 0 Å². The standard InChI is InChI=1S/C9H17N3O/c1-3-5-6-8-11-9(12-13-8)7(10)4-2/h7H,3-6,10H2,1-2H3. The van der Waals surface area contributed by atoms with Crippen molar-refractivity contribution in [2.75, 3.05) is 0 Å². The molecule has 4 nitrogen and oxygen atoms in total. The number of hydrogen-bond donors (Lipinski definition) is 1. The first kappa shape index (κ1) is 10.2. The van der Waals surface area contributed by atoms with E-state index in [9.17, 15) is 0 Å². The van der Waals surface area contributed by atoms with Crippen molar-refractivity contribution in [3.63, 3.8) is 0 Å². The van der Waals surface area contributed by atoms with Gasteiger partial charge in [0.2, 0.25) is 5.89 Å². The normalized spacial score (nSPS) is 13.2. The Kier molecular flexibility index (Phi) is 3.89. The lowest BCUT2D eigenvalue weighted by Gasteiger charge is -1.99. The van der Waals surface area contributed by atoms with Crippen LogP contribution in [0.4, 0.5) is 0 Å². The lowest BCUT2D eigenvalue weighted by atomic mass is 10.2. The van der Waals surface area contributed by atoms with E-state index < -0.39 is 0 Å². The molecule has 1 atom stereocenters. The minimum absolute atomic E-state index is 0.0841. The predicted molar refractivity (Wildman–Crippen MR) is 50.1 cm³/mol. The van der Waals surface area contributed by atoms with E-state index in [2.05, 4.69) is 17.1 Å². The fourth-order valence-corrected chi connectivity index (χ4v) is 1.03. The molecule has 0 bridgehead atoms. The van der Waals surface area contributed by atoms with Gasteiger partial charge in [0.05, 0.1) is 6.04 Å². The van der Waals surface area contributed by atoms with Gasteiger partial charge in [-0.3, -0.25) is 0 Å². The molecule has 1 unspecified atom stereocenters. The number of rotatable bonds is 5. The molecule has 0 aliphatic heterocycles. The van der Waals surface area contributed by atoms with Gasteiger partial charge in [-0.2, -0.15) is 4.98 Å². The third-order valence-corrected chi connectivity index (χ3v) is 2.00. The van der Waals surface area contributed by atoms with Crippen LogP contribution < -0.4 is 5.73 Å². The van der Waals surface area contributed by atoms with Gasteiger partial charge in [0, 0.05) is 6.42 Å². The quantitative estimate of drug-likeness (QED) is 0.756. The molecule has 2 N–H and O–H groups in total. The summed E-state index contributed by atoms with van der Waals surface area (Å²) in [5.41, 5.74) is 5.75. The highest BCUT2D eigenvalue weighted by Gasteiger charge is 2.11. The summed E-state index contributed by atoms with van der Waals surface area (Å²) in [6.07, 6.45) is 3.92. The van der Waals surface area contributed by atoms with Crippen molar-refractivity contribution >= 4 is 0 Å². The Morgan fingerprint density at radius 3 is 2.85 bits per heavy atom. The number of nitrogens with two attached hydrogens (primary N) is 1. The highest BCUT2D eigenvalue weighted by atomic mass is 16.5. The molecule has 1 heterocycles. The zero-order chi connectivity index (χ0) is 9.68. The van der Waals surface area contributed by atoms with E-state index in [-0.39, 0.29) is 6.04 Å². The zero-order valence-corrected chi connectivity index (χ0v) is 8.29. The van der Waals surface area contributed by atoms with Gasteiger partial charge in [-0.1, -0.05) is 25.4 Å². The van der Waals surface area contributed by atoms with Crippen molar-refractivity contribution in [2.24, 2.45) is 5.73 Å². The second-order valence-corrected chi connectivity index (χ2v) is 3.16. The lowest BCUT2D eigenvalue weighted by molar-refractivity contribution is 0.366. The van der Waals surface area contributed by atoms with Gasteiger partial charge < -0.3 is 10.3 Å². The topological polar surface area (TPSA) is 64.9 Å². The molecule has 0 spiro atoms. The predicted octanol–water partition coefficient (Wildman–Crippen LogP) is 1.82. The first-order chi connectivity index (χ1) is 6.27. The minimum Gasteiger partial charge on any atom is -0.339 e. The van der Waals surface area contributed by atoms with Crippen LogP contribution in [-0.2, 0) is 6.42 Å². The SMILES string of the molecule is CCCCc1nc(C(N)CC)no1. The Morgan fingerprint density at radius 1 is 1.46 bits per heavy atom. The summed E-state index contributed by atoms with van der Waals surface area (Å²) in [5.74, 6) is 1.34. The van der Waals surface area contributed by atoms with E-state index in [4.69, 9.17) is 10.3 Å². The van der Waals surface area contributed by atoms with Crippen LogP contribution in [0.5, 0.6) is 0 Å². The minimum atomic E-state index is -0.0841. The monoisotopic (exact) mass is 183 g/mol. The maximum Gasteiger partial charge on any atom is 0.226 e. The summed E-state index contributed by atoms with van der Waals surface area (Å²) in [6.45, 7) is 4.14. The maximum atomic E-state index is 5.75. The first-order valence-electron chi connectivity index (χ1n) is 4.86. The zero-order valence-electron chi connectivity index (χ0n) is 8.29. The Balaban J connectivity index is 2.53. The number of unbranched alkanes of at least 4 members (excludes halogenated alkanes) is 1. The molecule has 74 valence electrons. The van der Waals surface area contributed by atoms with Crippen molar-refractivity contribution in [1.29, 1.82) is 0 Å². The molecule has 4 heteroatoms. The number of aromatic nitrogens is 2. The molecule has 0 aliphatic carbocycles. The third kappa shape index (κ3) is 2.81. The second kappa shape index (κ2) is 4.97. The molecule has 13 heavy (non-hydrogen) atoms. The second-order valence-electron chi connectivity index (χ2n) is 3.16. The summed E-state index contributed by atoms with van der Waals surface area (Å²) in [4.78, 5) is 4.22. The summed E-state index contributed by atoms with van der Waals surface area (Å²) in [7, 11) is 0. The Bertz CT molecular complexity index is 247. The van der Waals surface area contributed by atoms with Gasteiger partial charge in [-0.05, 0) is 12.8 Å². The average Bonchev–Trinajstić information content (AvgIpc) is 2.62. The summed E-state index contributed by atoms with van der Waals surface area (Å²) in [5, 5.41) is 3.83. The number of nitrogens with zero attached hydrogens (tertiary/aromatic N) is 2. The molecule has 0 saturated carbocycles. The summed E-state index contributed by atoms with van der Waals surface area (Å²) >= 11 is 0. The average molecular weight is 183 g/mol.